The fourth-order valence-corrected chi connectivity index (χ4v) is 4.38. The number of aryl methyl sites for hydroxylation is 1. The molecule has 1 atom stereocenters. The molecular weight excluding hydrogens is 376 g/mol. The second-order valence-electron chi connectivity index (χ2n) is 8.41. The molecule has 30 heavy (non-hydrogen) atoms. The number of amides is 2. The first-order chi connectivity index (χ1) is 14.6. The van der Waals surface area contributed by atoms with Crippen LogP contribution in [0.1, 0.15) is 52.0 Å². The lowest BCUT2D eigenvalue weighted by atomic mass is 9.97. The van der Waals surface area contributed by atoms with Gasteiger partial charge in [0.2, 0.25) is 0 Å². The summed E-state index contributed by atoms with van der Waals surface area (Å²) in [5.74, 6) is 1.31. The molecule has 2 heterocycles. The Balaban J connectivity index is 1.31. The van der Waals surface area contributed by atoms with Crippen molar-refractivity contribution < 1.29 is 14.3 Å². The highest BCUT2D eigenvalue weighted by Gasteiger charge is 2.26. The Bertz CT molecular complexity index is 888. The van der Waals surface area contributed by atoms with Gasteiger partial charge >= 0.3 is 0 Å². The molecule has 2 aliphatic heterocycles. The minimum atomic E-state index is 0.108. The first-order valence-electron chi connectivity index (χ1n) is 11.0. The van der Waals surface area contributed by atoms with Crippen LogP contribution in [0.5, 0.6) is 5.75 Å². The molecule has 0 aliphatic carbocycles. The zero-order chi connectivity index (χ0) is 20.9. The summed E-state index contributed by atoms with van der Waals surface area (Å²) in [5.41, 5.74) is 2.53. The number of rotatable bonds is 5. The maximum atomic E-state index is 12.9. The number of nitrogens with zero attached hydrogens (tertiary/aromatic N) is 2. The predicted octanol–water partition coefficient (Wildman–Crippen LogP) is 4.16. The number of carbonyl (C=O) groups is 2. The van der Waals surface area contributed by atoms with E-state index < -0.39 is 0 Å². The van der Waals surface area contributed by atoms with Crippen molar-refractivity contribution in [3.8, 4) is 5.75 Å². The first kappa shape index (κ1) is 20.5. The van der Waals surface area contributed by atoms with E-state index in [-0.39, 0.29) is 11.8 Å². The predicted molar refractivity (Wildman–Crippen MR) is 117 cm³/mol. The second-order valence-corrected chi connectivity index (χ2v) is 8.41. The van der Waals surface area contributed by atoms with E-state index >= 15 is 0 Å². The second kappa shape index (κ2) is 9.33. The van der Waals surface area contributed by atoms with E-state index in [1.165, 1.54) is 0 Å². The molecule has 0 aromatic heterocycles. The normalized spacial score (nSPS) is 19.0. The highest BCUT2D eigenvalue weighted by molar-refractivity contribution is 5.95. The average Bonchev–Trinajstić information content (AvgIpc) is 3.33. The van der Waals surface area contributed by atoms with Gasteiger partial charge in [-0.05, 0) is 68.5 Å². The van der Waals surface area contributed by atoms with E-state index in [0.29, 0.717) is 12.5 Å². The molecule has 5 heteroatoms. The summed E-state index contributed by atoms with van der Waals surface area (Å²) in [6.45, 7) is 5.80. The molecule has 0 N–H and O–H groups in total. The third kappa shape index (κ3) is 4.66. The van der Waals surface area contributed by atoms with E-state index in [1.807, 2.05) is 65.3 Å². The monoisotopic (exact) mass is 406 g/mol. The number of hydrogen-bond donors (Lipinski definition) is 0. The molecule has 2 saturated heterocycles. The fraction of sp³-hybridized carbons (Fsp3) is 0.440. The van der Waals surface area contributed by atoms with Gasteiger partial charge in [0.15, 0.2) is 0 Å². The Hall–Kier alpha value is -2.82. The Morgan fingerprint density at radius 3 is 2.33 bits per heavy atom. The molecule has 2 amide bonds. The summed E-state index contributed by atoms with van der Waals surface area (Å²) in [6.07, 6.45) is 4.24. The molecule has 158 valence electrons. The summed E-state index contributed by atoms with van der Waals surface area (Å²) in [5, 5.41) is 0. The lowest BCUT2D eigenvalue weighted by Crippen LogP contribution is -2.41. The molecule has 0 radical (unpaired) electrons. The maximum Gasteiger partial charge on any atom is 0.254 e. The van der Waals surface area contributed by atoms with Crippen molar-refractivity contribution in [2.45, 2.75) is 32.6 Å². The summed E-state index contributed by atoms with van der Waals surface area (Å²) in [4.78, 5) is 29.2. The minimum Gasteiger partial charge on any atom is -0.493 e. The van der Waals surface area contributed by atoms with Crippen LogP contribution >= 0.6 is 0 Å². The standard InChI is InChI=1S/C25H30N2O3/c1-19-7-2-3-9-23(19)25(29)27-16-6-8-20(17-27)18-30-22-12-10-21(11-13-22)24(28)26-14-4-5-15-26/h2-3,7,9-13,20H,4-6,8,14-18H2,1H3. The SMILES string of the molecule is Cc1ccccc1C(=O)N1CCCC(COc2ccc(C(=O)N3CCCC3)cc2)C1. The van der Waals surface area contributed by atoms with Crippen LogP contribution in [0.3, 0.4) is 0 Å². The van der Waals surface area contributed by atoms with E-state index in [0.717, 1.165) is 74.3 Å². The van der Waals surface area contributed by atoms with Gasteiger partial charge in [0.05, 0.1) is 6.61 Å². The topological polar surface area (TPSA) is 49.9 Å². The number of carbonyl (C=O) groups excluding carboxylic acids is 2. The van der Waals surface area contributed by atoms with Crippen LogP contribution in [0.15, 0.2) is 48.5 Å². The third-order valence-electron chi connectivity index (χ3n) is 6.16. The maximum absolute atomic E-state index is 12.9. The highest BCUT2D eigenvalue weighted by Crippen LogP contribution is 2.22. The Morgan fingerprint density at radius 2 is 1.60 bits per heavy atom. The van der Waals surface area contributed by atoms with Crippen molar-refractivity contribution in [1.29, 1.82) is 0 Å². The summed E-state index contributed by atoms with van der Waals surface area (Å²) in [6, 6.07) is 15.2. The smallest absolute Gasteiger partial charge is 0.254 e. The van der Waals surface area contributed by atoms with E-state index in [9.17, 15) is 9.59 Å². The lowest BCUT2D eigenvalue weighted by molar-refractivity contribution is 0.0632. The van der Waals surface area contributed by atoms with Crippen molar-refractivity contribution in [1.82, 2.24) is 9.80 Å². The first-order valence-corrected chi connectivity index (χ1v) is 11.0. The largest absolute Gasteiger partial charge is 0.493 e. The summed E-state index contributed by atoms with van der Waals surface area (Å²) >= 11 is 0. The van der Waals surface area contributed by atoms with Gasteiger partial charge in [-0.3, -0.25) is 9.59 Å². The highest BCUT2D eigenvalue weighted by atomic mass is 16.5. The quantitative estimate of drug-likeness (QED) is 0.749. The van der Waals surface area contributed by atoms with Crippen LogP contribution in [0.25, 0.3) is 0 Å². The molecule has 0 saturated carbocycles. The molecule has 0 spiro atoms. The van der Waals surface area contributed by atoms with E-state index in [4.69, 9.17) is 4.74 Å². The molecule has 2 aromatic carbocycles. The van der Waals surface area contributed by atoms with E-state index in [1.54, 1.807) is 0 Å². The van der Waals surface area contributed by atoms with Gasteiger partial charge in [-0.15, -0.1) is 0 Å². The van der Waals surface area contributed by atoms with Crippen molar-refractivity contribution in [2.24, 2.45) is 5.92 Å². The molecule has 2 aliphatic rings. The van der Waals surface area contributed by atoms with Crippen LogP contribution in [0.4, 0.5) is 0 Å². The number of likely N-dealkylation sites (tertiary alicyclic amines) is 2. The zero-order valence-corrected chi connectivity index (χ0v) is 17.7. The van der Waals surface area contributed by atoms with Crippen LogP contribution < -0.4 is 4.74 Å². The molecule has 2 fully saturated rings. The van der Waals surface area contributed by atoms with Crippen LogP contribution in [-0.2, 0) is 0 Å². The average molecular weight is 407 g/mol. The number of ether oxygens (including phenoxy) is 1. The van der Waals surface area contributed by atoms with Gasteiger partial charge in [-0.2, -0.15) is 0 Å². The Kier molecular flexibility index (Phi) is 6.36. The van der Waals surface area contributed by atoms with Gasteiger partial charge in [0.25, 0.3) is 11.8 Å². The van der Waals surface area contributed by atoms with Gasteiger partial charge in [0.1, 0.15) is 5.75 Å². The van der Waals surface area contributed by atoms with Crippen LogP contribution in [0, 0.1) is 12.8 Å². The molecule has 2 aromatic rings. The zero-order valence-electron chi connectivity index (χ0n) is 17.7. The van der Waals surface area contributed by atoms with Gasteiger partial charge < -0.3 is 14.5 Å². The minimum absolute atomic E-state index is 0.108. The molecular formula is C25H30N2O3. The number of piperidine rings is 1. The molecule has 5 nitrogen and oxygen atoms in total. The molecule has 1 unspecified atom stereocenters. The van der Waals surface area contributed by atoms with Gasteiger partial charge in [-0.25, -0.2) is 0 Å². The lowest BCUT2D eigenvalue weighted by Gasteiger charge is -2.33. The van der Waals surface area contributed by atoms with Crippen LogP contribution in [-0.4, -0.2) is 54.4 Å². The number of hydrogen-bond acceptors (Lipinski definition) is 3. The van der Waals surface area contributed by atoms with Gasteiger partial charge in [0, 0.05) is 43.2 Å². The van der Waals surface area contributed by atoms with Crippen molar-refractivity contribution >= 4 is 11.8 Å². The summed E-state index contributed by atoms with van der Waals surface area (Å²) < 4.78 is 6.00. The van der Waals surface area contributed by atoms with E-state index in [2.05, 4.69) is 0 Å². The molecule has 4 rings (SSSR count). The fourth-order valence-electron chi connectivity index (χ4n) is 4.38. The van der Waals surface area contributed by atoms with Crippen molar-refractivity contribution in [2.75, 3.05) is 32.8 Å². The Morgan fingerprint density at radius 1 is 0.900 bits per heavy atom. The van der Waals surface area contributed by atoms with Crippen LogP contribution in [0.2, 0.25) is 0 Å². The number of benzene rings is 2. The van der Waals surface area contributed by atoms with Crippen molar-refractivity contribution in [3.63, 3.8) is 0 Å². The summed E-state index contributed by atoms with van der Waals surface area (Å²) in [7, 11) is 0. The third-order valence-corrected chi connectivity index (χ3v) is 6.16. The Labute approximate surface area is 178 Å². The van der Waals surface area contributed by atoms with Crippen molar-refractivity contribution in [3.05, 3.63) is 65.2 Å². The van der Waals surface area contributed by atoms with Gasteiger partial charge in [-0.1, -0.05) is 18.2 Å². The molecule has 0 bridgehead atoms.